The Morgan fingerprint density at radius 2 is 2.31 bits per heavy atom. The van der Waals surface area contributed by atoms with E-state index in [-0.39, 0.29) is 29.2 Å². The summed E-state index contributed by atoms with van der Waals surface area (Å²) in [4.78, 5) is 37.4. The van der Waals surface area contributed by atoms with Crippen LogP contribution in [0.1, 0.15) is 26.2 Å². The van der Waals surface area contributed by atoms with Gasteiger partial charge in [-0.05, 0) is 26.2 Å². The summed E-state index contributed by atoms with van der Waals surface area (Å²) in [5, 5.41) is 14.8. The lowest BCUT2D eigenvalue weighted by Gasteiger charge is -2.32. The molecular weight excluding hydrogens is 378 g/mol. The summed E-state index contributed by atoms with van der Waals surface area (Å²) in [5.41, 5.74) is -0.167. The number of imidazole rings is 1. The van der Waals surface area contributed by atoms with Gasteiger partial charge in [0.1, 0.15) is 6.33 Å². The molecule has 0 bridgehead atoms. The summed E-state index contributed by atoms with van der Waals surface area (Å²) in [6, 6.07) is 0. The van der Waals surface area contributed by atoms with Crippen molar-refractivity contribution in [2.24, 2.45) is 5.92 Å². The third-order valence-corrected chi connectivity index (χ3v) is 4.77. The maximum atomic E-state index is 12.1. The minimum absolute atomic E-state index is 0.167. The lowest BCUT2D eigenvalue weighted by atomic mass is 9.98. The summed E-state index contributed by atoms with van der Waals surface area (Å²) in [6.07, 6.45) is 8.79. The Balaban J connectivity index is 1.70. The molecule has 1 N–H and O–H groups in total. The highest BCUT2D eigenvalue weighted by molar-refractivity contribution is 5.75. The molecule has 0 radical (unpaired) electrons. The normalized spacial score (nSPS) is 16.4. The molecule has 3 rings (SSSR count). The first-order chi connectivity index (χ1) is 14.1. The predicted octanol–water partition coefficient (Wildman–Crippen LogP) is 1.86. The van der Waals surface area contributed by atoms with E-state index >= 15 is 0 Å². The van der Waals surface area contributed by atoms with Crippen LogP contribution in [0.15, 0.2) is 25.0 Å². The van der Waals surface area contributed by atoms with E-state index in [1.807, 2.05) is 10.8 Å². The number of esters is 1. The smallest absolute Gasteiger partial charge is 0.353 e. The molecule has 2 aromatic rings. The molecule has 11 nitrogen and oxygen atoms in total. The highest BCUT2D eigenvalue weighted by atomic mass is 16.6. The highest BCUT2D eigenvalue weighted by Crippen LogP contribution is 2.34. The number of anilines is 2. The van der Waals surface area contributed by atoms with Gasteiger partial charge in [0.25, 0.3) is 0 Å². The van der Waals surface area contributed by atoms with E-state index in [2.05, 4.69) is 20.3 Å². The number of nitrogens with zero attached hydrogens (tertiary/aromatic N) is 6. The molecule has 1 saturated heterocycles. The van der Waals surface area contributed by atoms with Crippen LogP contribution < -0.4 is 10.2 Å². The Morgan fingerprint density at radius 1 is 1.45 bits per heavy atom. The van der Waals surface area contributed by atoms with Gasteiger partial charge in [0.05, 0.1) is 23.8 Å². The molecule has 1 aliphatic heterocycles. The van der Waals surface area contributed by atoms with Crippen molar-refractivity contribution in [2.75, 3.05) is 36.5 Å². The lowest BCUT2D eigenvalue weighted by molar-refractivity contribution is -0.383. The van der Waals surface area contributed by atoms with Crippen molar-refractivity contribution in [2.45, 2.75) is 32.7 Å². The Hall–Kier alpha value is -3.24. The topological polar surface area (TPSA) is 128 Å². The first kappa shape index (κ1) is 20.5. The van der Waals surface area contributed by atoms with E-state index in [0.717, 1.165) is 19.4 Å². The van der Waals surface area contributed by atoms with E-state index in [4.69, 9.17) is 4.74 Å². The number of hydrogen-bond donors (Lipinski definition) is 1. The average molecular weight is 403 g/mol. The van der Waals surface area contributed by atoms with Crippen LogP contribution in [0.25, 0.3) is 0 Å². The molecule has 1 unspecified atom stereocenters. The molecule has 0 aliphatic carbocycles. The number of carbonyl (C=O) groups is 1. The Bertz CT molecular complexity index is 828. The van der Waals surface area contributed by atoms with Gasteiger partial charge in [-0.1, -0.05) is 0 Å². The fraction of sp³-hybridized carbons (Fsp3) is 0.556. The molecule has 1 atom stereocenters. The van der Waals surface area contributed by atoms with Gasteiger partial charge >= 0.3 is 11.7 Å². The zero-order chi connectivity index (χ0) is 20.6. The van der Waals surface area contributed by atoms with E-state index in [1.54, 1.807) is 24.3 Å². The van der Waals surface area contributed by atoms with Gasteiger partial charge in [-0.3, -0.25) is 14.9 Å². The van der Waals surface area contributed by atoms with E-state index in [9.17, 15) is 14.9 Å². The molecule has 0 amide bonds. The highest BCUT2D eigenvalue weighted by Gasteiger charge is 2.33. The van der Waals surface area contributed by atoms with Crippen molar-refractivity contribution in [3.63, 3.8) is 0 Å². The lowest BCUT2D eigenvalue weighted by Crippen LogP contribution is -2.40. The van der Waals surface area contributed by atoms with E-state index in [1.165, 1.54) is 6.33 Å². The summed E-state index contributed by atoms with van der Waals surface area (Å²) in [5.74, 6) is -0.170. The molecule has 1 fully saturated rings. The van der Waals surface area contributed by atoms with E-state index < -0.39 is 4.92 Å². The number of nitrogens with one attached hydrogen (secondary N) is 1. The van der Waals surface area contributed by atoms with Crippen LogP contribution in [0, 0.1) is 16.0 Å². The number of ether oxygens (including phenoxy) is 1. The molecular formula is C18H25N7O4. The van der Waals surface area contributed by atoms with Crippen LogP contribution >= 0.6 is 0 Å². The second-order valence-corrected chi connectivity index (χ2v) is 6.77. The van der Waals surface area contributed by atoms with Crippen LogP contribution in [-0.4, -0.2) is 56.7 Å². The number of aryl methyl sites for hydroxylation is 1. The predicted molar refractivity (Wildman–Crippen MR) is 106 cm³/mol. The third-order valence-electron chi connectivity index (χ3n) is 4.77. The van der Waals surface area contributed by atoms with Crippen molar-refractivity contribution >= 4 is 23.3 Å². The minimum Gasteiger partial charge on any atom is -0.466 e. The average Bonchev–Trinajstić information content (AvgIpc) is 3.24. The largest absolute Gasteiger partial charge is 0.466 e. The number of carbonyl (C=O) groups excluding carboxylic acids is 1. The van der Waals surface area contributed by atoms with Crippen LogP contribution in [0.5, 0.6) is 0 Å². The first-order valence-corrected chi connectivity index (χ1v) is 9.70. The zero-order valence-corrected chi connectivity index (χ0v) is 16.4. The van der Waals surface area contributed by atoms with Crippen molar-refractivity contribution in [3.8, 4) is 0 Å². The van der Waals surface area contributed by atoms with Gasteiger partial charge < -0.3 is 19.5 Å². The number of rotatable bonds is 9. The van der Waals surface area contributed by atoms with Gasteiger partial charge in [-0.2, -0.15) is 0 Å². The Morgan fingerprint density at radius 3 is 3.03 bits per heavy atom. The van der Waals surface area contributed by atoms with Gasteiger partial charge in [0.2, 0.25) is 11.6 Å². The van der Waals surface area contributed by atoms with Gasteiger partial charge in [-0.15, -0.1) is 0 Å². The second-order valence-electron chi connectivity index (χ2n) is 6.77. The maximum Gasteiger partial charge on any atom is 0.353 e. The number of hydrogen-bond acceptors (Lipinski definition) is 9. The first-order valence-electron chi connectivity index (χ1n) is 9.70. The molecule has 0 saturated carbocycles. The van der Waals surface area contributed by atoms with Crippen molar-refractivity contribution in [1.29, 1.82) is 0 Å². The van der Waals surface area contributed by atoms with Crippen molar-refractivity contribution in [1.82, 2.24) is 19.5 Å². The zero-order valence-electron chi connectivity index (χ0n) is 16.4. The molecule has 0 aromatic carbocycles. The molecule has 29 heavy (non-hydrogen) atoms. The number of aromatic nitrogens is 4. The van der Waals surface area contributed by atoms with Gasteiger partial charge in [0, 0.05) is 38.6 Å². The second kappa shape index (κ2) is 9.80. The fourth-order valence-electron chi connectivity index (χ4n) is 3.41. The summed E-state index contributed by atoms with van der Waals surface area (Å²) < 4.78 is 7.05. The molecule has 156 valence electrons. The molecule has 1 aliphatic rings. The molecule has 0 spiro atoms. The van der Waals surface area contributed by atoms with Crippen LogP contribution in [0.4, 0.5) is 17.3 Å². The quantitative estimate of drug-likeness (QED) is 0.289. The van der Waals surface area contributed by atoms with Gasteiger partial charge in [0.15, 0.2) is 0 Å². The van der Waals surface area contributed by atoms with Crippen molar-refractivity contribution in [3.05, 3.63) is 35.2 Å². The number of nitro groups is 1. The monoisotopic (exact) mass is 403 g/mol. The molecule has 11 heteroatoms. The number of piperidine rings is 1. The summed E-state index contributed by atoms with van der Waals surface area (Å²) in [6.45, 7) is 4.27. The maximum absolute atomic E-state index is 12.1. The van der Waals surface area contributed by atoms with Crippen LogP contribution in [-0.2, 0) is 16.1 Å². The summed E-state index contributed by atoms with van der Waals surface area (Å²) in [7, 11) is 0. The minimum atomic E-state index is -0.471. The standard InChI is InChI=1S/C18H25N7O4/c1-2-29-18(26)14-5-3-9-24(11-14)17-15(25(27)28)16(21-12-22-17)20-6-4-8-23-10-7-19-13-23/h7,10,12-14H,2-6,8-9,11H2,1H3,(H,20,21,22). The Kier molecular flexibility index (Phi) is 6.93. The third kappa shape index (κ3) is 5.18. The van der Waals surface area contributed by atoms with Crippen LogP contribution in [0.2, 0.25) is 0 Å². The molecule has 3 heterocycles. The van der Waals surface area contributed by atoms with Crippen molar-refractivity contribution < 1.29 is 14.5 Å². The molecule has 2 aromatic heterocycles. The fourth-order valence-corrected chi connectivity index (χ4v) is 3.41. The Labute approximate surface area is 168 Å². The van der Waals surface area contributed by atoms with Crippen LogP contribution in [0.3, 0.4) is 0 Å². The van der Waals surface area contributed by atoms with E-state index in [0.29, 0.717) is 32.7 Å². The van der Waals surface area contributed by atoms with Gasteiger partial charge in [-0.25, -0.2) is 15.0 Å². The SMILES string of the molecule is CCOC(=O)C1CCCN(c2ncnc(NCCCn3ccnc3)c2[N+](=O)[O-])C1. The summed E-state index contributed by atoms with van der Waals surface area (Å²) >= 11 is 0.